The zero-order chi connectivity index (χ0) is 11.4. The molecule has 0 saturated heterocycles. The van der Waals surface area contributed by atoms with Gasteiger partial charge in [0.2, 0.25) is 0 Å². The Morgan fingerprint density at radius 3 is 2.88 bits per heavy atom. The highest BCUT2D eigenvalue weighted by Gasteiger charge is 1.99. The molecule has 0 spiro atoms. The van der Waals surface area contributed by atoms with E-state index in [4.69, 9.17) is 13.9 Å². The van der Waals surface area contributed by atoms with Gasteiger partial charge in [-0.15, -0.1) is 0 Å². The Balaban J connectivity index is 2.25. The minimum Gasteiger partial charge on any atom is -0.467 e. The van der Waals surface area contributed by atoms with Crippen molar-refractivity contribution < 1.29 is 13.9 Å². The quantitative estimate of drug-likeness (QED) is 0.450. The fraction of sp³-hybridized carbons (Fsp3) is 0.250. The number of fused-ring (bicyclic) bond motifs is 1. The molecule has 0 bridgehead atoms. The Labute approximate surface area is 92.4 Å². The van der Waals surface area contributed by atoms with Crippen molar-refractivity contribution in [3.05, 3.63) is 40.8 Å². The summed E-state index contributed by atoms with van der Waals surface area (Å²) in [5, 5.41) is 0.864. The van der Waals surface area contributed by atoms with Crippen LogP contribution in [0.2, 0.25) is 0 Å². The molecule has 0 aliphatic rings. The molecular weight excluding hydrogens is 208 g/mol. The Morgan fingerprint density at radius 2 is 2.06 bits per heavy atom. The van der Waals surface area contributed by atoms with Gasteiger partial charge in [-0.1, -0.05) is 0 Å². The summed E-state index contributed by atoms with van der Waals surface area (Å²) in [6, 6.07) is 8.42. The van der Waals surface area contributed by atoms with Crippen molar-refractivity contribution in [2.75, 3.05) is 13.4 Å². The Morgan fingerprint density at radius 1 is 1.25 bits per heavy atom. The van der Waals surface area contributed by atoms with Crippen molar-refractivity contribution in [3.63, 3.8) is 0 Å². The molecule has 0 unspecified atom stereocenters. The highest BCUT2D eigenvalue weighted by atomic mass is 16.7. The molecule has 0 fully saturated rings. The number of benzene rings is 1. The van der Waals surface area contributed by atoms with Crippen LogP contribution in [0.1, 0.15) is 6.92 Å². The average molecular weight is 220 g/mol. The van der Waals surface area contributed by atoms with E-state index >= 15 is 0 Å². The summed E-state index contributed by atoms with van der Waals surface area (Å²) in [7, 11) is 0. The van der Waals surface area contributed by atoms with E-state index in [2.05, 4.69) is 0 Å². The monoisotopic (exact) mass is 220 g/mol. The van der Waals surface area contributed by atoms with Gasteiger partial charge in [0.25, 0.3) is 0 Å². The van der Waals surface area contributed by atoms with Gasteiger partial charge in [0.05, 0.1) is 0 Å². The number of ether oxygens (including phenoxy) is 2. The summed E-state index contributed by atoms with van der Waals surface area (Å²) < 4.78 is 15.4. The highest BCUT2D eigenvalue weighted by molar-refractivity contribution is 5.77. The largest absolute Gasteiger partial charge is 0.467 e. The molecule has 0 N–H and O–H groups in total. The van der Waals surface area contributed by atoms with Gasteiger partial charge in [-0.05, 0) is 25.1 Å². The van der Waals surface area contributed by atoms with Gasteiger partial charge in [0.1, 0.15) is 11.3 Å². The number of hydrogen-bond donors (Lipinski definition) is 0. The van der Waals surface area contributed by atoms with Gasteiger partial charge < -0.3 is 13.9 Å². The molecule has 2 rings (SSSR count). The van der Waals surface area contributed by atoms with Crippen LogP contribution in [0.3, 0.4) is 0 Å². The van der Waals surface area contributed by atoms with Gasteiger partial charge in [0, 0.05) is 24.1 Å². The van der Waals surface area contributed by atoms with Crippen LogP contribution in [0.4, 0.5) is 0 Å². The third kappa shape index (κ3) is 2.41. The first kappa shape index (κ1) is 10.7. The Hall–Kier alpha value is -1.81. The number of rotatable bonds is 4. The summed E-state index contributed by atoms with van der Waals surface area (Å²) in [5.41, 5.74) is 0.149. The summed E-state index contributed by atoms with van der Waals surface area (Å²) in [4.78, 5) is 11.0. The minimum atomic E-state index is -0.366. The molecule has 0 saturated carbocycles. The van der Waals surface area contributed by atoms with E-state index in [1.165, 1.54) is 6.07 Å². The highest BCUT2D eigenvalue weighted by Crippen LogP contribution is 2.19. The lowest BCUT2D eigenvalue weighted by Crippen LogP contribution is -2.02. The third-order valence-electron chi connectivity index (χ3n) is 2.11. The van der Waals surface area contributed by atoms with E-state index in [9.17, 15) is 4.79 Å². The molecule has 0 radical (unpaired) electrons. The minimum absolute atomic E-state index is 0.194. The first-order chi connectivity index (χ1) is 7.79. The fourth-order valence-corrected chi connectivity index (χ4v) is 1.32. The molecule has 2 aromatic rings. The van der Waals surface area contributed by atoms with E-state index in [-0.39, 0.29) is 12.4 Å². The van der Waals surface area contributed by atoms with Crippen molar-refractivity contribution in [1.29, 1.82) is 0 Å². The van der Waals surface area contributed by atoms with Crippen molar-refractivity contribution >= 4 is 11.0 Å². The predicted molar refractivity (Wildman–Crippen MR) is 59.6 cm³/mol. The van der Waals surface area contributed by atoms with Gasteiger partial charge in [-0.3, -0.25) is 0 Å². The molecule has 0 aliphatic heterocycles. The van der Waals surface area contributed by atoms with Crippen molar-refractivity contribution in [1.82, 2.24) is 0 Å². The summed E-state index contributed by atoms with van der Waals surface area (Å²) >= 11 is 0. The predicted octanol–water partition coefficient (Wildman–Crippen LogP) is 2.17. The van der Waals surface area contributed by atoms with Crippen LogP contribution in [-0.2, 0) is 4.74 Å². The molecule has 4 nitrogen and oxygen atoms in total. The maximum atomic E-state index is 11.0. The lowest BCUT2D eigenvalue weighted by Gasteiger charge is -2.05. The van der Waals surface area contributed by atoms with Gasteiger partial charge in [-0.2, -0.15) is 0 Å². The molecule has 0 atom stereocenters. The van der Waals surface area contributed by atoms with E-state index in [0.29, 0.717) is 17.9 Å². The maximum absolute atomic E-state index is 11.0. The molecular formula is C12H12O4. The summed E-state index contributed by atoms with van der Waals surface area (Å²) in [6.45, 7) is 2.69. The zero-order valence-corrected chi connectivity index (χ0v) is 8.93. The second-order valence-corrected chi connectivity index (χ2v) is 3.21. The van der Waals surface area contributed by atoms with Gasteiger partial charge in [0.15, 0.2) is 6.79 Å². The molecule has 16 heavy (non-hydrogen) atoms. The zero-order valence-electron chi connectivity index (χ0n) is 8.93. The van der Waals surface area contributed by atoms with Crippen LogP contribution in [-0.4, -0.2) is 13.4 Å². The van der Waals surface area contributed by atoms with E-state index in [0.717, 1.165) is 5.39 Å². The van der Waals surface area contributed by atoms with Crippen molar-refractivity contribution in [3.8, 4) is 5.75 Å². The molecule has 1 aromatic carbocycles. The fourth-order valence-electron chi connectivity index (χ4n) is 1.32. The second-order valence-electron chi connectivity index (χ2n) is 3.21. The first-order valence-corrected chi connectivity index (χ1v) is 5.04. The first-order valence-electron chi connectivity index (χ1n) is 5.04. The molecule has 4 heteroatoms. The standard InChI is InChI=1S/C12H12O4/c1-2-14-8-15-10-5-3-9-4-6-12(13)16-11(9)7-10/h3-7H,2,8H2,1H3. The van der Waals surface area contributed by atoms with Crippen molar-refractivity contribution in [2.45, 2.75) is 6.92 Å². The third-order valence-corrected chi connectivity index (χ3v) is 2.11. The molecule has 1 heterocycles. The van der Waals surface area contributed by atoms with Gasteiger partial charge in [-0.25, -0.2) is 4.79 Å². The molecule has 1 aromatic heterocycles. The van der Waals surface area contributed by atoms with Crippen LogP contribution in [0.15, 0.2) is 39.5 Å². The van der Waals surface area contributed by atoms with E-state index in [1.807, 2.05) is 13.0 Å². The Bertz CT molecular complexity index is 530. The smallest absolute Gasteiger partial charge is 0.336 e. The van der Waals surface area contributed by atoms with Crippen LogP contribution in [0.25, 0.3) is 11.0 Å². The molecule has 0 amide bonds. The van der Waals surface area contributed by atoms with Crippen molar-refractivity contribution in [2.24, 2.45) is 0 Å². The number of hydrogen-bond acceptors (Lipinski definition) is 4. The lowest BCUT2D eigenvalue weighted by molar-refractivity contribution is 0.0224. The van der Waals surface area contributed by atoms with E-state index in [1.54, 1.807) is 18.2 Å². The molecule has 84 valence electrons. The van der Waals surface area contributed by atoms with E-state index < -0.39 is 0 Å². The summed E-state index contributed by atoms with van der Waals surface area (Å²) in [6.07, 6.45) is 0. The lowest BCUT2D eigenvalue weighted by atomic mass is 10.2. The van der Waals surface area contributed by atoms with Crippen LogP contribution in [0, 0.1) is 0 Å². The normalized spacial score (nSPS) is 10.6. The maximum Gasteiger partial charge on any atom is 0.336 e. The second kappa shape index (κ2) is 4.81. The average Bonchev–Trinajstić information content (AvgIpc) is 2.29. The Kier molecular flexibility index (Phi) is 3.22. The summed E-state index contributed by atoms with van der Waals surface area (Å²) in [5.74, 6) is 0.621. The van der Waals surface area contributed by atoms with Gasteiger partial charge >= 0.3 is 5.63 Å². The van der Waals surface area contributed by atoms with Crippen LogP contribution >= 0.6 is 0 Å². The topological polar surface area (TPSA) is 48.7 Å². The van der Waals surface area contributed by atoms with Crippen LogP contribution in [0.5, 0.6) is 5.75 Å². The SMILES string of the molecule is CCOCOc1ccc2ccc(=O)oc2c1. The molecule has 0 aliphatic carbocycles. The van der Waals surface area contributed by atoms with Crippen LogP contribution < -0.4 is 10.4 Å².